The van der Waals surface area contributed by atoms with Crippen LogP contribution in [-0.4, -0.2) is 20.9 Å². The number of hydrogen-bond acceptors (Lipinski definition) is 2. The van der Waals surface area contributed by atoms with Gasteiger partial charge in [0, 0.05) is 16.6 Å². The Labute approximate surface area is 107 Å². The summed E-state index contributed by atoms with van der Waals surface area (Å²) in [5.41, 5.74) is 1.80. The molecule has 88 valence electrons. The molecule has 5 heteroatoms. The molecule has 1 aromatic heterocycles. The Kier molecular flexibility index (Phi) is 3.28. The Hall–Kier alpha value is -1.62. The largest absolute Gasteiger partial charge is 0.477 e. The van der Waals surface area contributed by atoms with Gasteiger partial charge in [0.2, 0.25) is 0 Å². The minimum atomic E-state index is -0.956. The maximum atomic E-state index is 11.0. The van der Waals surface area contributed by atoms with Crippen molar-refractivity contribution in [3.8, 4) is 11.3 Å². The summed E-state index contributed by atoms with van der Waals surface area (Å²) in [7, 11) is 0. The molecule has 0 aliphatic carbocycles. The Morgan fingerprint density at radius 1 is 1.41 bits per heavy atom. The lowest BCUT2D eigenvalue weighted by Crippen LogP contribution is -2.07. The second-order valence-corrected chi connectivity index (χ2v) is 4.46. The van der Waals surface area contributed by atoms with Gasteiger partial charge in [-0.05, 0) is 25.1 Å². The van der Waals surface area contributed by atoms with Crippen molar-refractivity contribution in [1.29, 1.82) is 0 Å². The summed E-state index contributed by atoms with van der Waals surface area (Å²) in [5.74, 6) is -0.956. The lowest BCUT2D eigenvalue weighted by molar-refractivity contribution is 0.0683. The number of carbonyl (C=O) groups is 1. The highest BCUT2D eigenvalue weighted by Gasteiger charge is 2.13. The molecule has 0 atom stereocenters. The molecule has 0 fully saturated rings. The van der Waals surface area contributed by atoms with Crippen LogP contribution >= 0.6 is 15.9 Å². The van der Waals surface area contributed by atoms with Gasteiger partial charge in [-0.25, -0.2) is 4.79 Å². The highest BCUT2D eigenvalue weighted by Crippen LogP contribution is 2.21. The van der Waals surface area contributed by atoms with E-state index in [1.54, 1.807) is 6.07 Å². The molecule has 0 bridgehead atoms. The molecule has 0 radical (unpaired) electrons. The molecule has 1 N–H and O–H groups in total. The van der Waals surface area contributed by atoms with Gasteiger partial charge in [0.25, 0.3) is 0 Å². The zero-order chi connectivity index (χ0) is 12.4. The number of nitrogens with zero attached hydrogens (tertiary/aromatic N) is 2. The zero-order valence-electron chi connectivity index (χ0n) is 9.22. The van der Waals surface area contributed by atoms with Crippen molar-refractivity contribution in [1.82, 2.24) is 9.78 Å². The SMILES string of the molecule is CCn1nc(-c2ccc(Br)cc2)cc1C(=O)O. The summed E-state index contributed by atoms with van der Waals surface area (Å²) >= 11 is 3.35. The molecule has 0 aliphatic heterocycles. The fourth-order valence-corrected chi connectivity index (χ4v) is 1.86. The number of carboxylic acid groups (broad SMARTS) is 1. The molecular weight excluding hydrogens is 284 g/mol. The monoisotopic (exact) mass is 294 g/mol. The van der Waals surface area contributed by atoms with Gasteiger partial charge < -0.3 is 5.11 Å². The lowest BCUT2D eigenvalue weighted by atomic mass is 10.1. The van der Waals surface area contributed by atoms with Gasteiger partial charge in [-0.15, -0.1) is 0 Å². The van der Waals surface area contributed by atoms with Crippen molar-refractivity contribution >= 4 is 21.9 Å². The Morgan fingerprint density at radius 2 is 2.06 bits per heavy atom. The van der Waals surface area contributed by atoms with E-state index in [0.717, 1.165) is 10.0 Å². The van der Waals surface area contributed by atoms with E-state index in [1.165, 1.54) is 4.68 Å². The molecule has 2 rings (SSSR count). The van der Waals surface area contributed by atoms with Crippen LogP contribution in [0.25, 0.3) is 11.3 Å². The molecule has 0 aliphatic rings. The minimum absolute atomic E-state index is 0.213. The first-order valence-electron chi connectivity index (χ1n) is 5.19. The Bertz CT molecular complexity index is 546. The minimum Gasteiger partial charge on any atom is -0.477 e. The highest BCUT2D eigenvalue weighted by atomic mass is 79.9. The molecule has 0 unspecified atom stereocenters. The van der Waals surface area contributed by atoms with Crippen LogP contribution in [0.2, 0.25) is 0 Å². The zero-order valence-corrected chi connectivity index (χ0v) is 10.8. The molecule has 1 aromatic carbocycles. The van der Waals surface area contributed by atoms with E-state index in [-0.39, 0.29) is 5.69 Å². The number of carboxylic acids is 1. The first-order valence-corrected chi connectivity index (χ1v) is 5.98. The predicted molar refractivity (Wildman–Crippen MR) is 68.0 cm³/mol. The van der Waals surface area contributed by atoms with Crippen LogP contribution in [0.1, 0.15) is 17.4 Å². The average Bonchev–Trinajstić information content (AvgIpc) is 2.74. The van der Waals surface area contributed by atoms with Crippen molar-refractivity contribution in [2.24, 2.45) is 0 Å². The maximum absolute atomic E-state index is 11.0. The molecule has 17 heavy (non-hydrogen) atoms. The number of aromatic nitrogens is 2. The summed E-state index contributed by atoms with van der Waals surface area (Å²) in [5, 5.41) is 13.3. The normalized spacial score (nSPS) is 10.5. The van der Waals surface area contributed by atoms with E-state index in [4.69, 9.17) is 5.11 Å². The molecule has 1 heterocycles. The second kappa shape index (κ2) is 4.71. The Balaban J connectivity index is 2.46. The highest BCUT2D eigenvalue weighted by molar-refractivity contribution is 9.10. The second-order valence-electron chi connectivity index (χ2n) is 3.54. The first kappa shape index (κ1) is 11.9. The molecule has 0 amide bonds. The fourth-order valence-electron chi connectivity index (χ4n) is 1.59. The topological polar surface area (TPSA) is 55.1 Å². The molecular formula is C12H11BrN2O2. The number of aryl methyl sites for hydroxylation is 1. The number of halogens is 1. The van der Waals surface area contributed by atoms with E-state index < -0.39 is 5.97 Å². The van der Waals surface area contributed by atoms with Gasteiger partial charge in [-0.1, -0.05) is 28.1 Å². The van der Waals surface area contributed by atoms with Crippen molar-refractivity contribution in [2.75, 3.05) is 0 Å². The van der Waals surface area contributed by atoms with E-state index in [0.29, 0.717) is 12.2 Å². The lowest BCUT2D eigenvalue weighted by Gasteiger charge is -1.98. The number of hydrogen-bond donors (Lipinski definition) is 1. The molecule has 0 spiro atoms. The summed E-state index contributed by atoms with van der Waals surface area (Å²) in [4.78, 5) is 11.0. The summed E-state index contributed by atoms with van der Waals surface area (Å²) in [6, 6.07) is 9.20. The quantitative estimate of drug-likeness (QED) is 0.947. The number of benzene rings is 1. The standard InChI is InChI=1S/C12H11BrN2O2/c1-2-15-11(12(16)17)7-10(14-15)8-3-5-9(13)6-4-8/h3-7H,2H2,1H3,(H,16,17). The van der Waals surface area contributed by atoms with E-state index in [9.17, 15) is 4.79 Å². The summed E-state index contributed by atoms with van der Waals surface area (Å²) in [6.45, 7) is 2.41. The maximum Gasteiger partial charge on any atom is 0.354 e. The Morgan fingerprint density at radius 3 is 2.53 bits per heavy atom. The van der Waals surface area contributed by atoms with Crippen molar-refractivity contribution in [3.05, 3.63) is 40.5 Å². The van der Waals surface area contributed by atoms with Crippen LogP contribution in [-0.2, 0) is 6.54 Å². The van der Waals surface area contributed by atoms with Crippen LogP contribution in [0, 0.1) is 0 Å². The van der Waals surface area contributed by atoms with Gasteiger partial charge in [0.1, 0.15) is 5.69 Å². The van der Waals surface area contributed by atoms with Gasteiger partial charge in [-0.3, -0.25) is 4.68 Å². The van der Waals surface area contributed by atoms with Gasteiger partial charge in [-0.2, -0.15) is 5.10 Å². The van der Waals surface area contributed by atoms with Gasteiger partial charge >= 0.3 is 5.97 Å². The third-order valence-corrected chi connectivity index (χ3v) is 2.97. The first-order chi connectivity index (χ1) is 8.11. The molecule has 2 aromatic rings. The van der Waals surface area contributed by atoms with Crippen molar-refractivity contribution < 1.29 is 9.90 Å². The fraction of sp³-hybridized carbons (Fsp3) is 0.167. The van der Waals surface area contributed by atoms with E-state index in [2.05, 4.69) is 21.0 Å². The van der Waals surface area contributed by atoms with E-state index in [1.807, 2.05) is 31.2 Å². The van der Waals surface area contributed by atoms with Crippen LogP contribution in [0.3, 0.4) is 0 Å². The molecule has 4 nitrogen and oxygen atoms in total. The average molecular weight is 295 g/mol. The van der Waals surface area contributed by atoms with Crippen molar-refractivity contribution in [3.63, 3.8) is 0 Å². The van der Waals surface area contributed by atoms with Crippen molar-refractivity contribution in [2.45, 2.75) is 13.5 Å². The smallest absolute Gasteiger partial charge is 0.354 e. The van der Waals surface area contributed by atoms with E-state index >= 15 is 0 Å². The van der Waals surface area contributed by atoms with Gasteiger partial charge in [0.05, 0.1) is 5.69 Å². The van der Waals surface area contributed by atoms with Crippen LogP contribution < -0.4 is 0 Å². The summed E-state index contributed by atoms with van der Waals surface area (Å²) in [6.07, 6.45) is 0. The molecule has 0 saturated heterocycles. The number of aromatic carboxylic acids is 1. The molecule has 0 saturated carbocycles. The van der Waals surface area contributed by atoms with Crippen LogP contribution in [0.4, 0.5) is 0 Å². The van der Waals surface area contributed by atoms with Crippen LogP contribution in [0.5, 0.6) is 0 Å². The predicted octanol–water partition coefficient (Wildman–Crippen LogP) is 3.03. The van der Waals surface area contributed by atoms with Gasteiger partial charge in [0.15, 0.2) is 0 Å². The third kappa shape index (κ3) is 2.39. The third-order valence-electron chi connectivity index (χ3n) is 2.44. The summed E-state index contributed by atoms with van der Waals surface area (Å²) < 4.78 is 2.47. The van der Waals surface area contributed by atoms with Crippen LogP contribution in [0.15, 0.2) is 34.8 Å². The number of rotatable bonds is 3.